The number of hydrogen-bond donors (Lipinski definition) is 3. The summed E-state index contributed by atoms with van der Waals surface area (Å²) < 4.78 is 2.28. The number of anilines is 1. The van der Waals surface area contributed by atoms with Gasteiger partial charge in [0.05, 0.1) is 11.6 Å². The van der Waals surface area contributed by atoms with Crippen LogP contribution in [0.2, 0.25) is 0 Å². The van der Waals surface area contributed by atoms with Crippen molar-refractivity contribution in [2.45, 2.75) is 45.8 Å². The van der Waals surface area contributed by atoms with Crippen molar-refractivity contribution in [3.63, 3.8) is 0 Å². The van der Waals surface area contributed by atoms with E-state index < -0.39 is 0 Å². The maximum atomic E-state index is 13.2. The Morgan fingerprint density at radius 3 is 2.64 bits per heavy atom. The lowest BCUT2D eigenvalue weighted by Crippen LogP contribution is -2.36. The van der Waals surface area contributed by atoms with E-state index in [1.165, 1.54) is 15.9 Å². The summed E-state index contributed by atoms with van der Waals surface area (Å²) in [6, 6.07) is 9.74. The number of carbonyl (C=O) groups excluding carboxylic acids is 2. The number of hydrogen-bond acceptors (Lipinski definition) is 6. The Morgan fingerprint density at radius 2 is 1.94 bits per heavy atom. The van der Waals surface area contributed by atoms with Gasteiger partial charge in [0.15, 0.2) is 0 Å². The van der Waals surface area contributed by atoms with E-state index in [0.29, 0.717) is 17.4 Å². The van der Waals surface area contributed by atoms with Crippen LogP contribution in [0.5, 0.6) is 0 Å². The van der Waals surface area contributed by atoms with Crippen molar-refractivity contribution in [2.24, 2.45) is 5.73 Å². The normalized spacial score (nSPS) is 15.0. The Morgan fingerprint density at radius 1 is 1.19 bits per heavy atom. The van der Waals surface area contributed by atoms with Gasteiger partial charge in [0, 0.05) is 53.6 Å². The number of aromatic nitrogens is 1. The third-order valence-corrected chi connectivity index (χ3v) is 7.40. The third kappa shape index (κ3) is 5.37. The van der Waals surface area contributed by atoms with Crippen LogP contribution in [0.3, 0.4) is 0 Å². The molecule has 2 aromatic heterocycles. The molecular weight excluding hydrogens is 474 g/mol. The fraction of sp³-hybridized carbons (Fsp3) is 0.370. The van der Waals surface area contributed by atoms with E-state index >= 15 is 0 Å². The third-order valence-electron chi connectivity index (χ3n) is 6.25. The summed E-state index contributed by atoms with van der Waals surface area (Å²) in [5.41, 5.74) is 9.61. The lowest BCUT2D eigenvalue weighted by molar-refractivity contribution is -0.127. The van der Waals surface area contributed by atoms with Crippen molar-refractivity contribution < 1.29 is 9.59 Å². The number of benzene rings is 1. The quantitative estimate of drug-likeness (QED) is 0.432. The molecule has 36 heavy (non-hydrogen) atoms. The number of nitrogens with zero attached hydrogens (tertiary/aromatic N) is 2. The number of nitrogens with one attached hydrogen (secondary N) is 2. The summed E-state index contributed by atoms with van der Waals surface area (Å²) in [6.45, 7) is 5.60. The second-order valence-corrected chi connectivity index (χ2v) is 10.1. The Kier molecular flexibility index (Phi) is 7.91. The van der Waals surface area contributed by atoms with Crippen LogP contribution >= 0.6 is 11.3 Å². The number of nitrogens with two attached hydrogens (primary N) is 1. The van der Waals surface area contributed by atoms with E-state index in [1.54, 1.807) is 13.2 Å². The van der Waals surface area contributed by atoms with Gasteiger partial charge < -0.3 is 25.8 Å². The SMILES string of the molecule is CCCN(CCC)C(=O)C1=Cc2ccc(-c3cc4c(=O)n(CC(=O)NC)ccc4s3)cc2NC(N)C1. The van der Waals surface area contributed by atoms with Crippen molar-refractivity contribution in [3.05, 3.63) is 58.0 Å². The summed E-state index contributed by atoms with van der Waals surface area (Å²) in [5, 5.41) is 6.48. The molecule has 0 saturated carbocycles. The van der Waals surface area contributed by atoms with Gasteiger partial charge in [0.25, 0.3) is 5.56 Å². The topological polar surface area (TPSA) is 109 Å². The maximum Gasteiger partial charge on any atom is 0.259 e. The molecule has 0 radical (unpaired) electrons. The van der Waals surface area contributed by atoms with Crippen molar-refractivity contribution in [3.8, 4) is 10.4 Å². The molecule has 3 aromatic rings. The molecule has 8 nitrogen and oxygen atoms in total. The molecule has 0 bridgehead atoms. The Hall–Kier alpha value is -3.43. The van der Waals surface area contributed by atoms with Crippen molar-refractivity contribution in [1.29, 1.82) is 0 Å². The largest absolute Gasteiger partial charge is 0.369 e. The second kappa shape index (κ2) is 11.1. The lowest BCUT2D eigenvalue weighted by Gasteiger charge is -2.23. The number of likely N-dealkylation sites (N-methyl/N-ethyl adjacent to an activating group) is 1. The smallest absolute Gasteiger partial charge is 0.259 e. The van der Waals surface area contributed by atoms with Gasteiger partial charge in [-0.1, -0.05) is 26.0 Å². The first-order valence-corrected chi connectivity index (χ1v) is 13.2. The Balaban J connectivity index is 1.67. The number of amides is 2. The zero-order valence-electron chi connectivity index (χ0n) is 21.0. The minimum absolute atomic E-state index is 0.0154. The molecule has 0 saturated heterocycles. The highest BCUT2D eigenvalue weighted by molar-refractivity contribution is 7.22. The van der Waals surface area contributed by atoms with E-state index in [4.69, 9.17) is 5.73 Å². The molecule has 1 unspecified atom stereocenters. The standard InChI is InChI=1S/C27H33N5O3S/c1-4-9-31(10-5-2)26(34)19-12-17-6-7-18(13-21(17)30-24(28)14-19)23-15-20-22(36-23)8-11-32(27(20)35)16-25(33)29-3/h6-8,11-13,15,24,30H,4-5,9-10,14,16,28H2,1-3H3,(H,29,33). The number of rotatable bonds is 8. The van der Waals surface area contributed by atoms with Gasteiger partial charge in [0.1, 0.15) is 6.54 Å². The van der Waals surface area contributed by atoms with Crippen molar-refractivity contribution in [2.75, 3.05) is 25.5 Å². The maximum absolute atomic E-state index is 13.2. The lowest BCUT2D eigenvalue weighted by atomic mass is 10.0. The van der Waals surface area contributed by atoms with Gasteiger partial charge >= 0.3 is 0 Å². The molecule has 1 aromatic carbocycles. The molecule has 9 heteroatoms. The van der Waals surface area contributed by atoms with Gasteiger partial charge in [-0.05, 0) is 48.2 Å². The van der Waals surface area contributed by atoms with Crippen LogP contribution in [0.4, 0.5) is 5.69 Å². The minimum Gasteiger partial charge on any atom is -0.369 e. The van der Waals surface area contributed by atoms with E-state index in [0.717, 1.165) is 52.3 Å². The summed E-state index contributed by atoms with van der Waals surface area (Å²) in [6.07, 6.45) is 5.48. The zero-order chi connectivity index (χ0) is 25.8. The minimum atomic E-state index is -0.388. The molecule has 3 heterocycles. The van der Waals surface area contributed by atoms with Gasteiger partial charge in [0.2, 0.25) is 11.8 Å². The summed E-state index contributed by atoms with van der Waals surface area (Å²) in [5.74, 6) is -0.177. The Bertz CT molecular complexity index is 1370. The van der Waals surface area contributed by atoms with Crippen LogP contribution < -0.4 is 21.9 Å². The van der Waals surface area contributed by atoms with Crippen LogP contribution in [0.25, 0.3) is 26.6 Å². The molecule has 190 valence electrons. The van der Waals surface area contributed by atoms with E-state index in [1.807, 2.05) is 41.3 Å². The highest BCUT2D eigenvalue weighted by atomic mass is 32.1. The number of pyridine rings is 1. The fourth-order valence-electron chi connectivity index (χ4n) is 4.48. The predicted octanol–water partition coefficient (Wildman–Crippen LogP) is 3.61. The molecule has 0 fully saturated rings. The van der Waals surface area contributed by atoms with Crippen LogP contribution in [-0.2, 0) is 16.1 Å². The van der Waals surface area contributed by atoms with Crippen LogP contribution in [0.1, 0.15) is 38.7 Å². The van der Waals surface area contributed by atoms with Crippen molar-refractivity contribution >= 4 is 45.0 Å². The average molecular weight is 508 g/mol. The first kappa shape index (κ1) is 25.7. The monoisotopic (exact) mass is 507 g/mol. The first-order chi connectivity index (χ1) is 17.3. The van der Waals surface area contributed by atoms with E-state index in [-0.39, 0.29) is 30.1 Å². The zero-order valence-corrected chi connectivity index (χ0v) is 21.8. The van der Waals surface area contributed by atoms with Crippen molar-refractivity contribution in [1.82, 2.24) is 14.8 Å². The van der Waals surface area contributed by atoms with E-state index in [9.17, 15) is 14.4 Å². The first-order valence-electron chi connectivity index (χ1n) is 12.3. The fourth-order valence-corrected chi connectivity index (χ4v) is 5.52. The van der Waals surface area contributed by atoms with Gasteiger partial charge in [-0.3, -0.25) is 14.4 Å². The van der Waals surface area contributed by atoms with Crippen LogP contribution in [-0.4, -0.2) is 47.6 Å². The second-order valence-electron chi connectivity index (χ2n) is 9.03. The number of thiophene rings is 1. The highest BCUT2D eigenvalue weighted by Gasteiger charge is 2.23. The van der Waals surface area contributed by atoms with Gasteiger partial charge in [-0.15, -0.1) is 11.3 Å². The molecule has 4 N–H and O–H groups in total. The number of carbonyl (C=O) groups is 2. The van der Waals surface area contributed by atoms with Crippen LogP contribution in [0, 0.1) is 0 Å². The molecule has 1 aliphatic rings. The molecule has 1 aliphatic heterocycles. The molecular formula is C27H33N5O3S. The molecule has 0 spiro atoms. The van der Waals surface area contributed by atoms with E-state index in [2.05, 4.69) is 24.5 Å². The predicted molar refractivity (Wildman–Crippen MR) is 147 cm³/mol. The molecule has 2 amide bonds. The summed E-state index contributed by atoms with van der Waals surface area (Å²) in [7, 11) is 1.55. The van der Waals surface area contributed by atoms with Gasteiger partial charge in [-0.2, -0.15) is 0 Å². The number of fused-ring (bicyclic) bond motifs is 2. The average Bonchev–Trinajstić information content (AvgIpc) is 3.23. The Labute approximate surface area is 214 Å². The molecule has 1 atom stereocenters. The molecule has 4 rings (SSSR count). The molecule has 0 aliphatic carbocycles. The summed E-state index contributed by atoms with van der Waals surface area (Å²) in [4.78, 5) is 40.7. The van der Waals surface area contributed by atoms with Gasteiger partial charge in [-0.25, -0.2) is 0 Å². The highest BCUT2D eigenvalue weighted by Crippen LogP contribution is 2.36. The van der Waals surface area contributed by atoms with Crippen LogP contribution in [0.15, 0.2) is 46.9 Å². The summed E-state index contributed by atoms with van der Waals surface area (Å²) >= 11 is 1.53.